The van der Waals surface area contributed by atoms with Crippen LogP contribution in [0.25, 0.3) is 65.7 Å². The fourth-order valence-electron chi connectivity index (χ4n) is 5.95. The zero-order valence-electron chi connectivity index (χ0n) is 25.4. The summed E-state index contributed by atoms with van der Waals surface area (Å²) < 4.78 is 0. The zero-order chi connectivity index (χ0) is 32.2. The quantitative estimate of drug-likeness (QED) is 0.0837. The highest BCUT2D eigenvalue weighted by Crippen LogP contribution is 2.39. The Labute approximate surface area is 268 Å². The minimum Gasteiger partial charge on any atom is -0.404 e. The number of allylic oxidation sites excluding steroid dienone is 6. The molecule has 0 heterocycles. The molecule has 0 amide bonds. The van der Waals surface area contributed by atoms with Gasteiger partial charge in [-0.3, -0.25) is 0 Å². The molecule has 4 heteroatoms. The van der Waals surface area contributed by atoms with Crippen LogP contribution >= 0.6 is 0 Å². The van der Waals surface area contributed by atoms with E-state index in [1.54, 1.807) is 19.1 Å². The van der Waals surface area contributed by atoms with Crippen LogP contribution in [-0.2, 0) is 0 Å². The smallest absolute Gasteiger partial charge is 0.0985 e. The second-order valence-electron chi connectivity index (χ2n) is 11.2. The summed E-state index contributed by atoms with van der Waals surface area (Å²) in [5.41, 5.74) is 14.5. The van der Waals surface area contributed by atoms with Crippen molar-refractivity contribution >= 4 is 49.7 Å². The van der Waals surface area contributed by atoms with Gasteiger partial charge in [0.15, 0.2) is 0 Å². The average Bonchev–Trinajstić information content (AvgIpc) is 3.12. The summed E-state index contributed by atoms with van der Waals surface area (Å²) in [6.07, 6.45) is 6.20. The van der Waals surface area contributed by atoms with Crippen LogP contribution < -0.4 is 5.73 Å². The molecule has 218 valence electrons. The molecule has 0 bridgehead atoms. The second kappa shape index (κ2) is 12.6. The molecule has 0 aliphatic carbocycles. The van der Waals surface area contributed by atoms with Crippen LogP contribution in [0.2, 0.25) is 0 Å². The number of nitriles is 2. The van der Waals surface area contributed by atoms with Crippen LogP contribution in [0.4, 0.5) is 0 Å². The van der Waals surface area contributed by atoms with E-state index < -0.39 is 0 Å². The third-order valence-corrected chi connectivity index (χ3v) is 8.30. The van der Waals surface area contributed by atoms with Crippen molar-refractivity contribution in [2.75, 3.05) is 0 Å². The van der Waals surface area contributed by atoms with Crippen molar-refractivity contribution in [1.29, 1.82) is 15.9 Å². The Hall–Kier alpha value is -6.49. The lowest BCUT2D eigenvalue weighted by molar-refractivity contribution is 1.44. The largest absolute Gasteiger partial charge is 0.404 e. The van der Waals surface area contributed by atoms with E-state index in [-0.39, 0.29) is 0 Å². The first kappa shape index (κ1) is 29.6. The van der Waals surface area contributed by atoms with E-state index in [4.69, 9.17) is 16.4 Å². The molecular formula is C42H30N4. The zero-order valence-corrected chi connectivity index (χ0v) is 25.4. The molecule has 0 radical (unpaired) electrons. The van der Waals surface area contributed by atoms with E-state index in [0.29, 0.717) is 16.7 Å². The molecule has 0 aliphatic rings. The summed E-state index contributed by atoms with van der Waals surface area (Å²) >= 11 is 0. The number of fused-ring (bicyclic) bond motifs is 6. The highest BCUT2D eigenvalue weighted by atomic mass is 14.5. The number of nitrogens with zero attached hydrogens (tertiary/aromatic N) is 2. The Morgan fingerprint density at radius 2 is 1.07 bits per heavy atom. The van der Waals surface area contributed by atoms with Crippen LogP contribution in [0.3, 0.4) is 0 Å². The summed E-state index contributed by atoms with van der Waals surface area (Å²) in [5, 5.41) is 33.2. The van der Waals surface area contributed by atoms with Crippen molar-refractivity contribution in [3.05, 3.63) is 156 Å². The van der Waals surface area contributed by atoms with Gasteiger partial charge in [0.05, 0.1) is 12.1 Å². The van der Waals surface area contributed by atoms with Gasteiger partial charge in [-0.1, -0.05) is 104 Å². The molecule has 0 unspecified atom stereocenters. The summed E-state index contributed by atoms with van der Waals surface area (Å²) in [6.45, 7) is 5.48. The molecule has 6 rings (SSSR count). The molecule has 3 N–H and O–H groups in total. The lowest BCUT2D eigenvalue weighted by atomic mass is 9.90. The number of benzene rings is 6. The Balaban J connectivity index is 1.42. The SMILES string of the molecule is C=C(C#N)/C=C(\C=N)c1ccc(-c2ccc3c4ccc(-c5ccc(C(/C=C(\C)C#N)=C/N)cc5)cc4c4ccccc4c3c2)cc1. The fraction of sp³-hybridized carbons (Fsp3) is 0.0238. The molecule has 0 atom stereocenters. The van der Waals surface area contributed by atoms with Gasteiger partial charge in [-0.2, -0.15) is 10.5 Å². The van der Waals surface area contributed by atoms with Gasteiger partial charge < -0.3 is 11.1 Å². The molecule has 0 fully saturated rings. The molecule has 6 aromatic carbocycles. The molecule has 0 aromatic heterocycles. The van der Waals surface area contributed by atoms with E-state index in [2.05, 4.69) is 97.6 Å². The first-order chi connectivity index (χ1) is 22.4. The molecule has 0 aliphatic heterocycles. The summed E-state index contributed by atoms with van der Waals surface area (Å²) in [4.78, 5) is 0. The van der Waals surface area contributed by atoms with Gasteiger partial charge in [0, 0.05) is 29.1 Å². The third-order valence-electron chi connectivity index (χ3n) is 8.30. The van der Waals surface area contributed by atoms with Gasteiger partial charge in [0.25, 0.3) is 0 Å². The highest BCUT2D eigenvalue weighted by Gasteiger charge is 2.12. The third kappa shape index (κ3) is 5.60. The Morgan fingerprint density at radius 3 is 1.50 bits per heavy atom. The van der Waals surface area contributed by atoms with E-state index >= 15 is 0 Å². The van der Waals surface area contributed by atoms with Crippen molar-refractivity contribution in [3.8, 4) is 34.4 Å². The van der Waals surface area contributed by atoms with Crippen LogP contribution in [0.15, 0.2) is 145 Å². The van der Waals surface area contributed by atoms with Gasteiger partial charge in [0.2, 0.25) is 0 Å². The van der Waals surface area contributed by atoms with Crippen LogP contribution in [0, 0.1) is 28.1 Å². The summed E-state index contributed by atoms with van der Waals surface area (Å²) in [5.74, 6) is 0. The lowest BCUT2D eigenvalue weighted by Gasteiger charge is -2.14. The van der Waals surface area contributed by atoms with E-state index in [9.17, 15) is 5.26 Å². The summed E-state index contributed by atoms with van der Waals surface area (Å²) in [7, 11) is 0. The van der Waals surface area contributed by atoms with Gasteiger partial charge in [0.1, 0.15) is 0 Å². The van der Waals surface area contributed by atoms with E-state index in [1.807, 2.05) is 30.3 Å². The standard InChI is InChI=1S/C42H30N4/c1-27(23-43)19-35(25-45)31-11-7-29(8-12-31)33-15-17-39-40-18-16-34(22-42(40)38-6-4-3-5-37(38)41(39)21-33)30-9-13-32(14-10-30)36(26-46)20-28(2)24-44/h3-22,25-26,45H,1,46H2,2H3/b28-20+,35-19+,36-26+,45-25?. The average molecular weight is 591 g/mol. The first-order valence-electron chi connectivity index (χ1n) is 14.9. The predicted molar refractivity (Wildman–Crippen MR) is 193 cm³/mol. The number of hydrogen-bond acceptors (Lipinski definition) is 4. The van der Waals surface area contributed by atoms with E-state index in [1.165, 1.54) is 44.7 Å². The molecular weight excluding hydrogens is 560 g/mol. The minimum atomic E-state index is 0.316. The van der Waals surface area contributed by atoms with Crippen molar-refractivity contribution in [3.63, 3.8) is 0 Å². The topological polar surface area (TPSA) is 97.5 Å². The highest BCUT2D eigenvalue weighted by molar-refractivity contribution is 6.26. The second-order valence-corrected chi connectivity index (χ2v) is 11.2. The summed E-state index contributed by atoms with van der Waals surface area (Å²) in [6, 6.07) is 42.3. The Kier molecular flexibility index (Phi) is 8.12. The number of hydrogen-bond donors (Lipinski definition) is 2. The first-order valence-corrected chi connectivity index (χ1v) is 14.9. The monoisotopic (exact) mass is 590 g/mol. The number of nitrogens with two attached hydrogens (primary N) is 1. The van der Waals surface area contributed by atoms with Crippen LogP contribution in [0.5, 0.6) is 0 Å². The fourth-order valence-corrected chi connectivity index (χ4v) is 5.95. The number of rotatable bonds is 7. The molecule has 6 aromatic rings. The van der Waals surface area contributed by atoms with E-state index in [0.717, 1.165) is 39.0 Å². The molecule has 0 saturated heterocycles. The maximum Gasteiger partial charge on any atom is 0.0985 e. The molecule has 0 saturated carbocycles. The Bertz CT molecular complexity index is 2340. The van der Waals surface area contributed by atoms with Gasteiger partial charge in [-0.25, -0.2) is 0 Å². The number of nitrogens with one attached hydrogen (secondary N) is 1. The maximum absolute atomic E-state index is 9.17. The van der Waals surface area contributed by atoms with Crippen LogP contribution in [0.1, 0.15) is 18.1 Å². The predicted octanol–water partition coefficient (Wildman–Crippen LogP) is 10.4. The van der Waals surface area contributed by atoms with Crippen LogP contribution in [-0.4, -0.2) is 6.21 Å². The van der Waals surface area contributed by atoms with Crippen molar-refractivity contribution in [1.82, 2.24) is 0 Å². The van der Waals surface area contributed by atoms with Crippen molar-refractivity contribution in [2.24, 2.45) is 5.73 Å². The van der Waals surface area contributed by atoms with Crippen molar-refractivity contribution < 1.29 is 0 Å². The maximum atomic E-state index is 9.17. The molecule has 0 spiro atoms. The van der Waals surface area contributed by atoms with Gasteiger partial charge in [-0.05, 0) is 102 Å². The Morgan fingerprint density at radius 1 is 0.609 bits per heavy atom. The van der Waals surface area contributed by atoms with Gasteiger partial charge in [-0.15, -0.1) is 0 Å². The lowest BCUT2D eigenvalue weighted by Crippen LogP contribution is -1.89. The molecule has 4 nitrogen and oxygen atoms in total. The molecule has 46 heavy (non-hydrogen) atoms. The van der Waals surface area contributed by atoms with Crippen molar-refractivity contribution in [2.45, 2.75) is 6.92 Å². The normalized spacial score (nSPS) is 12.2. The van der Waals surface area contributed by atoms with Gasteiger partial charge >= 0.3 is 0 Å². The minimum absolute atomic E-state index is 0.316.